The van der Waals surface area contributed by atoms with E-state index in [-0.39, 0.29) is 0 Å². The van der Waals surface area contributed by atoms with Gasteiger partial charge in [-0.05, 0) is 42.5 Å². The van der Waals surface area contributed by atoms with E-state index in [2.05, 4.69) is 22.0 Å². The van der Waals surface area contributed by atoms with Crippen LogP contribution in [0.25, 0.3) is 0 Å². The van der Waals surface area contributed by atoms with Gasteiger partial charge in [0.15, 0.2) is 0 Å². The number of ether oxygens (including phenoxy) is 1. The van der Waals surface area contributed by atoms with Crippen LogP contribution >= 0.6 is 15.9 Å². The van der Waals surface area contributed by atoms with E-state index >= 15 is 0 Å². The highest BCUT2D eigenvalue weighted by Gasteiger charge is 2.22. The van der Waals surface area contributed by atoms with Crippen molar-refractivity contribution in [1.29, 1.82) is 0 Å². The molecule has 0 bridgehead atoms. The molecule has 0 unspecified atom stereocenters. The summed E-state index contributed by atoms with van der Waals surface area (Å²) in [6, 6.07) is 6.25. The highest BCUT2D eigenvalue weighted by molar-refractivity contribution is 9.10. The zero-order chi connectivity index (χ0) is 9.26. The van der Waals surface area contributed by atoms with Crippen molar-refractivity contribution in [3.05, 3.63) is 28.2 Å². The third kappa shape index (κ3) is 1.73. The van der Waals surface area contributed by atoms with Crippen LogP contribution in [-0.4, -0.2) is 7.11 Å². The van der Waals surface area contributed by atoms with Crippen LogP contribution < -0.4 is 4.74 Å². The van der Waals surface area contributed by atoms with Gasteiger partial charge in [-0.2, -0.15) is 0 Å². The number of hydrogen-bond donors (Lipinski definition) is 0. The first kappa shape index (κ1) is 9.07. The number of methoxy groups -OCH3 is 1. The molecule has 0 saturated heterocycles. The van der Waals surface area contributed by atoms with E-state index in [1.807, 2.05) is 12.1 Å². The monoisotopic (exact) mass is 240 g/mol. The third-order valence-corrected chi connectivity index (χ3v) is 3.23. The molecule has 0 aliphatic heterocycles. The lowest BCUT2D eigenvalue weighted by Gasteiger charge is -2.27. The molecular formula is C11H13BrO. The van der Waals surface area contributed by atoms with Gasteiger partial charge < -0.3 is 4.74 Å². The Morgan fingerprint density at radius 2 is 2.15 bits per heavy atom. The summed E-state index contributed by atoms with van der Waals surface area (Å²) in [6.45, 7) is 0. The van der Waals surface area contributed by atoms with Crippen LogP contribution in [0, 0.1) is 0 Å². The SMILES string of the molecule is COc1ccc(Br)cc1C1CCC1. The Bertz CT molecular complexity index is 305. The Morgan fingerprint density at radius 1 is 1.38 bits per heavy atom. The number of benzene rings is 1. The predicted octanol–water partition coefficient (Wildman–Crippen LogP) is 3.73. The fraction of sp³-hybridized carbons (Fsp3) is 0.455. The molecule has 0 amide bonds. The molecule has 2 heteroatoms. The average molecular weight is 241 g/mol. The molecule has 1 saturated carbocycles. The summed E-state index contributed by atoms with van der Waals surface area (Å²) in [5.41, 5.74) is 1.36. The van der Waals surface area contributed by atoms with Gasteiger partial charge in [-0.3, -0.25) is 0 Å². The van der Waals surface area contributed by atoms with Crippen LogP contribution in [0.4, 0.5) is 0 Å². The van der Waals surface area contributed by atoms with Gasteiger partial charge in [0.1, 0.15) is 5.75 Å². The minimum atomic E-state index is 0.729. The van der Waals surface area contributed by atoms with Gasteiger partial charge in [0.05, 0.1) is 7.11 Å². The van der Waals surface area contributed by atoms with E-state index in [0.717, 1.165) is 16.1 Å². The second-order valence-electron chi connectivity index (χ2n) is 3.51. The van der Waals surface area contributed by atoms with E-state index in [0.29, 0.717) is 0 Å². The largest absolute Gasteiger partial charge is 0.496 e. The van der Waals surface area contributed by atoms with Crippen molar-refractivity contribution < 1.29 is 4.74 Å². The first-order valence-electron chi connectivity index (χ1n) is 4.64. The molecule has 1 fully saturated rings. The molecule has 1 aromatic rings. The topological polar surface area (TPSA) is 9.23 Å². The van der Waals surface area contributed by atoms with Crippen molar-refractivity contribution in [1.82, 2.24) is 0 Å². The van der Waals surface area contributed by atoms with E-state index in [4.69, 9.17) is 4.74 Å². The first-order valence-corrected chi connectivity index (χ1v) is 5.44. The van der Waals surface area contributed by atoms with E-state index < -0.39 is 0 Å². The van der Waals surface area contributed by atoms with Gasteiger partial charge in [-0.1, -0.05) is 22.4 Å². The summed E-state index contributed by atoms with van der Waals surface area (Å²) < 4.78 is 6.48. The van der Waals surface area contributed by atoms with Gasteiger partial charge in [0.2, 0.25) is 0 Å². The molecule has 13 heavy (non-hydrogen) atoms. The maximum atomic E-state index is 5.34. The van der Waals surface area contributed by atoms with Gasteiger partial charge in [0, 0.05) is 4.47 Å². The maximum absolute atomic E-state index is 5.34. The van der Waals surface area contributed by atoms with Gasteiger partial charge in [0.25, 0.3) is 0 Å². The molecular weight excluding hydrogens is 228 g/mol. The number of halogens is 1. The lowest BCUT2D eigenvalue weighted by molar-refractivity contribution is 0.373. The van der Waals surface area contributed by atoms with Crippen molar-refractivity contribution in [3.63, 3.8) is 0 Å². The molecule has 0 heterocycles. The predicted molar refractivity (Wildman–Crippen MR) is 57.3 cm³/mol. The Balaban J connectivity index is 2.33. The van der Waals surface area contributed by atoms with Gasteiger partial charge in [-0.25, -0.2) is 0 Å². The van der Waals surface area contributed by atoms with E-state index in [1.165, 1.54) is 24.8 Å². The van der Waals surface area contributed by atoms with E-state index in [1.54, 1.807) is 7.11 Å². The zero-order valence-electron chi connectivity index (χ0n) is 7.72. The minimum absolute atomic E-state index is 0.729. The molecule has 0 aromatic heterocycles. The fourth-order valence-electron chi connectivity index (χ4n) is 1.74. The average Bonchev–Trinajstić information content (AvgIpc) is 2.02. The van der Waals surface area contributed by atoms with Crippen LogP contribution in [0.15, 0.2) is 22.7 Å². The lowest BCUT2D eigenvalue weighted by Crippen LogP contribution is -2.09. The number of rotatable bonds is 2. The van der Waals surface area contributed by atoms with Gasteiger partial charge >= 0.3 is 0 Å². The summed E-state index contributed by atoms with van der Waals surface area (Å²) in [6.07, 6.45) is 3.99. The molecule has 0 radical (unpaired) electrons. The van der Waals surface area contributed by atoms with Crippen LogP contribution in [-0.2, 0) is 0 Å². The Morgan fingerprint density at radius 3 is 2.69 bits per heavy atom. The lowest BCUT2D eigenvalue weighted by atomic mass is 9.80. The van der Waals surface area contributed by atoms with Crippen molar-refractivity contribution >= 4 is 15.9 Å². The Labute approximate surface area is 87.2 Å². The molecule has 0 atom stereocenters. The molecule has 0 spiro atoms. The van der Waals surface area contributed by atoms with Gasteiger partial charge in [-0.15, -0.1) is 0 Å². The minimum Gasteiger partial charge on any atom is -0.496 e. The molecule has 1 nitrogen and oxygen atoms in total. The second kappa shape index (κ2) is 3.70. The molecule has 1 aliphatic rings. The highest BCUT2D eigenvalue weighted by Crippen LogP contribution is 2.41. The summed E-state index contributed by atoms with van der Waals surface area (Å²) in [4.78, 5) is 0. The third-order valence-electron chi connectivity index (χ3n) is 2.74. The summed E-state index contributed by atoms with van der Waals surface area (Å²) >= 11 is 3.49. The van der Waals surface area contributed by atoms with Crippen molar-refractivity contribution in [2.75, 3.05) is 7.11 Å². The zero-order valence-corrected chi connectivity index (χ0v) is 9.30. The smallest absolute Gasteiger partial charge is 0.122 e. The standard InChI is InChI=1S/C11H13BrO/c1-13-11-6-5-9(12)7-10(11)8-3-2-4-8/h5-8H,2-4H2,1H3. The first-order chi connectivity index (χ1) is 6.31. The normalized spacial score (nSPS) is 16.8. The molecule has 2 rings (SSSR count). The van der Waals surface area contributed by atoms with Crippen LogP contribution in [0.1, 0.15) is 30.7 Å². The second-order valence-corrected chi connectivity index (χ2v) is 4.43. The van der Waals surface area contributed by atoms with Crippen molar-refractivity contribution in [3.8, 4) is 5.75 Å². The summed E-state index contributed by atoms with van der Waals surface area (Å²) in [5, 5.41) is 0. The van der Waals surface area contributed by atoms with Crippen LogP contribution in [0.3, 0.4) is 0 Å². The quantitative estimate of drug-likeness (QED) is 0.766. The van der Waals surface area contributed by atoms with Crippen molar-refractivity contribution in [2.24, 2.45) is 0 Å². The summed E-state index contributed by atoms with van der Waals surface area (Å²) in [7, 11) is 1.74. The number of hydrogen-bond acceptors (Lipinski definition) is 1. The maximum Gasteiger partial charge on any atom is 0.122 e. The van der Waals surface area contributed by atoms with Crippen LogP contribution in [0.5, 0.6) is 5.75 Å². The summed E-state index contributed by atoms with van der Waals surface area (Å²) in [5.74, 6) is 1.76. The highest BCUT2D eigenvalue weighted by atomic mass is 79.9. The Kier molecular flexibility index (Phi) is 2.58. The van der Waals surface area contributed by atoms with Crippen LogP contribution in [0.2, 0.25) is 0 Å². The molecule has 70 valence electrons. The fourth-order valence-corrected chi connectivity index (χ4v) is 2.12. The van der Waals surface area contributed by atoms with Crippen molar-refractivity contribution in [2.45, 2.75) is 25.2 Å². The molecule has 1 aliphatic carbocycles. The van der Waals surface area contributed by atoms with E-state index in [9.17, 15) is 0 Å². The molecule has 0 N–H and O–H groups in total. The molecule has 1 aromatic carbocycles. The Hall–Kier alpha value is -0.500.